The highest BCUT2D eigenvalue weighted by molar-refractivity contribution is 6.40. The zero-order valence-electron chi connectivity index (χ0n) is 8.61. The molecule has 0 saturated carbocycles. The summed E-state index contributed by atoms with van der Waals surface area (Å²) in [6.07, 6.45) is 0. The lowest BCUT2D eigenvalue weighted by Crippen LogP contribution is -2.26. The molecular weight excluding hydrogens is 263 g/mol. The number of nitrogens with zero attached hydrogens (tertiary/aromatic N) is 4. The van der Waals surface area contributed by atoms with Crippen molar-refractivity contribution in [1.29, 1.82) is 0 Å². The number of halogens is 2. The van der Waals surface area contributed by atoms with E-state index < -0.39 is 0 Å². The molecular formula is C9H8Cl2N6. The van der Waals surface area contributed by atoms with Gasteiger partial charge in [-0.1, -0.05) is 28.3 Å². The van der Waals surface area contributed by atoms with Crippen molar-refractivity contribution < 1.29 is 0 Å². The van der Waals surface area contributed by atoms with E-state index in [9.17, 15) is 0 Å². The van der Waals surface area contributed by atoms with E-state index in [1.165, 1.54) is 12.1 Å². The van der Waals surface area contributed by atoms with Crippen molar-refractivity contribution in [3.63, 3.8) is 0 Å². The van der Waals surface area contributed by atoms with Crippen LogP contribution in [0, 0.1) is 0 Å². The molecule has 0 fully saturated rings. The maximum atomic E-state index is 8.33. The average molecular weight is 271 g/mol. The molecule has 88 valence electrons. The highest BCUT2D eigenvalue weighted by atomic mass is 35.5. The van der Waals surface area contributed by atoms with Crippen molar-refractivity contribution in [2.45, 2.75) is 0 Å². The summed E-state index contributed by atoms with van der Waals surface area (Å²) in [5, 5.41) is 10.2. The van der Waals surface area contributed by atoms with Gasteiger partial charge in [0.25, 0.3) is 0 Å². The second kappa shape index (κ2) is 5.14. The monoisotopic (exact) mass is 270 g/mol. The van der Waals surface area contributed by atoms with Gasteiger partial charge < -0.3 is 10.6 Å². The third kappa shape index (κ3) is 2.74. The summed E-state index contributed by atoms with van der Waals surface area (Å²) in [6, 6.07) is 3.07. The maximum Gasteiger partial charge on any atom is 0.196 e. The molecule has 0 saturated heterocycles. The molecule has 0 aliphatic carbocycles. The summed E-state index contributed by atoms with van der Waals surface area (Å²) < 4.78 is 0. The number of azide groups is 1. The van der Waals surface area contributed by atoms with Gasteiger partial charge in [-0.15, -0.1) is 0 Å². The van der Waals surface area contributed by atoms with Gasteiger partial charge in [-0.2, -0.15) is 0 Å². The van der Waals surface area contributed by atoms with E-state index in [0.717, 1.165) is 6.54 Å². The van der Waals surface area contributed by atoms with Gasteiger partial charge in [0.2, 0.25) is 0 Å². The van der Waals surface area contributed by atoms with Crippen LogP contribution in [0.5, 0.6) is 0 Å². The minimum absolute atomic E-state index is 0.370. The summed E-state index contributed by atoms with van der Waals surface area (Å²) in [7, 11) is 0. The van der Waals surface area contributed by atoms with E-state index in [2.05, 4.69) is 25.7 Å². The van der Waals surface area contributed by atoms with Crippen LogP contribution < -0.4 is 10.6 Å². The highest BCUT2D eigenvalue weighted by Gasteiger charge is 2.11. The fourth-order valence-corrected chi connectivity index (χ4v) is 1.96. The van der Waals surface area contributed by atoms with Gasteiger partial charge in [0.15, 0.2) is 5.96 Å². The van der Waals surface area contributed by atoms with E-state index in [0.29, 0.717) is 33.9 Å². The smallest absolute Gasteiger partial charge is 0.196 e. The lowest BCUT2D eigenvalue weighted by atomic mass is 10.3. The Hall–Kier alpha value is -1.62. The van der Waals surface area contributed by atoms with E-state index in [-0.39, 0.29) is 0 Å². The second-order valence-corrected chi connectivity index (χ2v) is 4.07. The number of guanidine groups is 1. The van der Waals surface area contributed by atoms with Gasteiger partial charge in [-0.05, 0) is 17.7 Å². The first-order valence-electron chi connectivity index (χ1n) is 4.80. The van der Waals surface area contributed by atoms with Crippen LogP contribution >= 0.6 is 23.2 Å². The van der Waals surface area contributed by atoms with Crippen LogP contribution in [0.3, 0.4) is 0 Å². The maximum absolute atomic E-state index is 8.33. The van der Waals surface area contributed by atoms with Crippen LogP contribution in [0.1, 0.15) is 0 Å². The van der Waals surface area contributed by atoms with Gasteiger partial charge >= 0.3 is 0 Å². The predicted octanol–water partition coefficient (Wildman–Crippen LogP) is 3.31. The average Bonchev–Trinajstić information content (AvgIpc) is 2.76. The summed E-state index contributed by atoms with van der Waals surface area (Å²) >= 11 is 12.1. The lowest BCUT2D eigenvalue weighted by molar-refractivity contribution is 0.959. The molecule has 8 heteroatoms. The molecule has 6 nitrogen and oxygen atoms in total. The first-order valence-corrected chi connectivity index (χ1v) is 5.56. The minimum Gasteiger partial charge on any atom is -0.354 e. The summed E-state index contributed by atoms with van der Waals surface area (Å²) in [4.78, 5) is 6.84. The number of benzene rings is 1. The molecule has 2 N–H and O–H groups in total. The first kappa shape index (κ1) is 11.9. The molecule has 1 aliphatic rings. The van der Waals surface area contributed by atoms with Crippen molar-refractivity contribution in [3.05, 3.63) is 32.6 Å². The Morgan fingerprint density at radius 3 is 2.65 bits per heavy atom. The summed E-state index contributed by atoms with van der Waals surface area (Å²) in [6.45, 7) is 1.50. The molecule has 0 aromatic heterocycles. The van der Waals surface area contributed by atoms with Gasteiger partial charge in [-0.3, -0.25) is 4.99 Å². The fourth-order valence-electron chi connectivity index (χ4n) is 1.39. The van der Waals surface area contributed by atoms with Crippen LogP contribution in [0.15, 0.2) is 22.2 Å². The van der Waals surface area contributed by atoms with Gasteiger partial charge in [-0.25, -0.2) is 0 Å². The molecule has 1 heterocycles. The molecule has 0 spiro atoms. The normalized spacial score (nSPS) is 13.6. The summed E-state index contributed by atoms with van der Waals surface area (Å²) in [5.41, 5.74) is 9.24. The molecule has 0 radical (unpaired) electrons. The number of rotatable bonds is 2. The van der Waals surface area contributed by atoms with Crippen LogP contribution in [-0.4, -0.2) is 19.0 Å². The van der Waals surface area contributed by atoms with Crippen molar-refractivity contribution in [2.75, 3.05) is 18.4 Å². The van der Waals surface area contributed by atoms with E-state index >= 15 is 0 Å². The van der Waals surface area contributed by atoms with Gasteiger partial charge in [0, 0.05) is 17.1 Å². The Kier molecular flexibility index (Phi) is 3.58. The number of hydrogen-bond acceptors (Lipinski definition) is 4. The number of aliphatic imine (C=N–C) groups is 1. The van der Waals surface area contributed by atoms with Crippen LogP contribution in [-0.2, 0) is 0 Å². The lowest BCUT2D eigenvalue weighted by Gasteiger charge is -2.11. The van der Waals surface area contributed by atoms with Crippen molar-refractivity contribution in [2.24, 2.45) is 10.1 Å². The molecule has 0 bridgehead atoms. The Labute approximate surface area is 107 Å². The molecule has 0 atom stereocenters. The molecule has 0 unspecified atom stereocenters. The second-order valence-electron chi connectivity index (χ2n) is 3.26. The Balaban J connectivity index is 2.30. The van der Waals surface area contributed by atoms with Crippen LogP contribution in [0.2, 0.25) is 10.0 Å². The Morgan fingerprint density at radius 1 is 1.41 bits per heavy atom. The largest absolute Gasteiger partial charge is 0.354 e. The third-order valence-electron chi connectivity index (χ3n) is 2.10. The number of nitrogens with one attached hydrogen (secondary N) is 2. The standard InChI is InChI=1S/C9H8Cl2N6/c10-6-3-5(16-17-12)4-7(11)8(6)15-9-13-1-2-14-9/h3-4H,1-2H2,(H2,13,14,15). The van der Waals surface area contributed by atoms with E-state index in [1.54, 1.807) is 0 Å². The third-order valence-corrected chi connectivity index (χ3v) is 2.70. The number of hydrogen-bond donors (Lipinski definition) is 2. The van der Waals surface area contributed by atoms with Crippen molar-refractivity contribution in [3.8, 4) is 0 Å². The SMILES string of the molecule is [N-]=[N+]=Nc1cc(Cl)c(NC2=NCCN2)c(Cl)c1. The van der Waals surface area contributed by atoms with Crippen LogP contribution in [0.4, 0.5) is 11.4 Å². The molecule has 1 aliphatic heterocycles. The quantitative estimate of drug-likeness (QED) is 0.491. The molecule has 1 aromatic carbocycles. The molecule has 2 rings (SSSR count). The zero-order valence-corrected chi connectivity index (χ0v) is 10.1. The van der Waals surface area contributed by atoms with Crippen molar-refractivity contribution in [1.82, 2.24) is 5.32 Å². The molecule has 0 amide bonds. The first-order chi connectivity index (χ1) is 8.20. The Morgan fingerprint density at radius 2 is 2.12 bits per heavy atom. The fraction of sp³-hybridized carbons (Fsp3) is 0.222. The summed E-state index contributed by atoms with van der Waals surface area (Å²) in [5.74, 6) is 0.630. The molecule has 1 aromatic rings. The van der Waals surface area contributed by atoms with E-state index in [1.807, 2.05) is 0 Å². The minimum atomic E-state index is 0.370. The number of anilines is 1. The van der Waals surface area contributed by atoms with Crippen LogP contribution in [0.25, 0.3) is 10.4 Å². The van der Waals surface area contributed by atoms with Gasteiger partial charge in [0.1, 0.15) is 0 Å². The highest BCUT2D eigenvalue weighted by Crippen LogP contribution is 2.35. The predicted molar refractivity (Wildman–Crippen MR) is 69.2 cm³/mol. The zero-order chi connectivity index (χ0) is 12.3. The topological polar surface area (TPSA) is 85.2 Å². The van der Waals surface area contributed by atoms with E-state index in [4.69, 9.17) is 28.7 Å². The molecule has 17 heavy (non-hydrogen) atoms. The van der Waals surface area contributed by atoms with Crippen molar-refractivity contribution >= 4 is 40.5 Å². The Bertz CT molecular complexity index is 497. The van der Waals surface area contributed by atoms with Gasteiger partial charge in [0.05, 0.1) is 22.3 Å².